The van der Waals surface area contributed by atoms with E-state index in [0.29, 0.717) is 6.61 Å². The Kier molecular flexibility index (Phi) is 5.63. The second-order valence-corrected chi connectivity index (χ2v) is 4.61. The summed E-state index contributed by atoms with van der Waals surface area (Å²) in [6.07, 6.45) is 0.270. The van der Waals surface area contributed by atoms with E-state index >= 15 is 0 Å². The molecule has 0 unspecified atom stereocenters. The molecule has 0 aliphatic carbocycles. The van der Waals surface area contributed by atoms with Gasteiger partial charge in [0.1, 0.15) is 5.75 Å². The molecule has 0 bridgehead atoms. The van der Waals surface area contributed by atoms with Crippen LogP contribution < -0.4 is 10.1 Å². The number of nitrogens with one attached hydrogen (secondary N) is 1. The van der Waals surface area contributed by atoms with Gasteiger partial charge in [-0.2, -0.15) is 0 Å². The summed E-state index contributed by atoms with van der Waals surface area (Å²) < 4.78 is 11.7. The van der Waals surface area contributed by atoms with Crippen LogP contribution in [0, 0.1) is 0 Å². The number of methoxy groups -OCH3 is 1. The molecule has 0 saturated carbocycles. The number of rotatable bonds is 6. The molecule has 0 heterocycles. The van der Waals surface area contributed by atoms with E-state index in [1.54, 1.807) is 7.11 Å². The van der Waals surface area contributed by atoms with Gasteiger partial charge in [-0.3, -0.25) is 0 Å². The predicted molar refractivity (Wildman–Crippen MR) is 70.3 cm³/mol. The smallest absolute Gasteiger partial charge is 0.142 e. The van der Waals surface area contributed by atoms with Crippen LogP contribution in [-0.4, -0.2) is 26.4 Å². The van der Waals surface area contributed by atoms with E-state index in [0.717, 1.165) is 22.5 Å². The summed E-state index contributed by atoms with van der Waals surface area (Å²) >= 11 is 3.43. The Balaban J connectivity index is 2.48. The van der Waals surface area contributed by atoms with Crippen molar-refractivity contribution in [2.24, 2.45) is 0 Å². The van der Waals surface area contributed by atoms with Gasteiger partial charge < -0.3 is 14.8 Å². The van der Waals surface area contributed by atoms with Crippen LogP contribution in [-0.2, 0) is 4.74 Å². The van der Waals surface area contributed by atoms with Crippen LogP contribution >= 0.6 is 15.9 Å². The van der Waals surface area contributed by atoms with Crippen molar-refractivity contribution in [3.05, 3.63) is 22.7 Å². The summed E-state index contributed by atoms with van der Waals surface area (Å²) in [5.41, 5.74) is 0.976. The van der Waals surface area contributed by atoms with E-state index in [4.69, 9.17) is 9.47 Å². The predicted octanol–water partition coefficient (Wildman–Crippen LogP) is 3.29. The topological polar surface area (TPSA) is 30.5 Å². The molecule has 1 aromatic carbocycles. The summed E-state index contributed by atoms with van der Waals surface area (Å²) in [5, 5.41) is 3.28. The lowest BCUT2D eigenvalue weighted by Crippen LogP contribution is -2.13. The Morgan fingerprint density at radius 3 is 2.75 bits per heavy atom. The number of hydrogen-bond donors (Lipinski definition) is 1. The fourth-order valence-electron chi connectivity index (χ4n) is 1.30. The summed E-state index contributed by atoms with van der Waals surface area (Å²) in [4.78, 5) is 0. The minimum Gasteiger partial charge on any atom is -0.495 e. The van der Waals surface area contributed by atoms with Gasteiger partial charge in [0.15, 0.2) is 0 Å². The van der Waals surface area contributed by atoms with Gasteiger partial charge in [0.2, 0.25) is 0 Å². The molecule has 0 amide bonds. The monoisotopic (exact) mass is 287 g/mol. The SMILES string of the molecule is COc1ccc(Br)cc1NCCOC(C)C. The summed E-state index contributed by atoms with van der Waals surface area (Å²) in [6, 6.07) is 5.87. The summed E-state index contributed by atoms with van der Waals surface area (Å²) in [6.45, 7) is 5.51. The first kappa shape index (κ1) is 13.3. The van der Waals surface area contributed by atoms with Crippen molar-refractivity contribution < 1.29 is 9.47 Å². The quantitative estimate of drug-likeness (QED) is 0.815. The van der Waals surface area contributed by atoms with Crippen LogP contribution in [0.3, 0.4) is 0 Å². The Labute approximate surface area is 105 Å². The lowest BCUT2D eigenvalue weighted by atomic mass is 10.3. The van der Waals surface area contributed by atoms with Gasteiger partial charge in [-0.1, -0.05) is 15.9 Å². The van der Waals surface area contributed by atoms with E-state index in [1.807, 2.05) is 32.0 Å². The number of ether oxygens (including phenoxy) is 2. The normalized spacial score (nSPS) is 10.6. The van der Waals surface area contributed by atoms with Gasteiger partial charge in [0, 0.05) is 11.0 Å². The van der Waals surface area contributed by atoms with Crippen molar-refractivity contribution in [2.75, 3.05) is 25.6 Å². The van der Waals surface area contributed by atoms with E-state index in [9.17, 15) is 0 Å². The molecule has 0 aliphatic heterocycles. The van der Waals surface area contributed by atoms with Gasteiger partial charge in [-0.25, -0.2) is 0 Å². The molecule has 0 atom stereocenters. The number of benzene rings is 1. The molecule has 0 radical (unpaired) electrons. The highest BCUT2D eigenvalue weighted by atomic mass is 79.9. The molecule has 4 heteroatoms. The van der Waals surface area contributed by atoms with Crippen LogP contribution in [0.2, 0.25) is 0 Å². The van der Waals surface area contributed by atoms with Gasteiger partial charge in [0.05, 0.1) is 25.5 Å². The molecule has 1 rings (SSSR count). The van der Waals surface area contributed by atoms with Gasteiger partial charge in [0.25, 0.3) is 0 Å². The highest BCUT2D eigenvalue weighted by Gasteiger charge is 2.02. The third-order valence-corrected chi connectivity index (χ3v) is 2.52. The fourth-order valence-corrected chi connectivity index (χ4v) is 1.66. The standard InChI is InChI=1S/C12H18BrNO2/c1-9(2)16-7-6-14-11-8-10(13)4-5-12(11)15-3/h4-5,8-9,14H,6-7H2,1-3H3. The van der Waals surface area contributed by atoms with Crippen molar-refractivity contribution >= 4 is 21.6 Å². The Bertz CT molecular complexity index is 329. The zero-order chi connectivity index (χ0) is 12.0. The van der Waals surface area contributed by atoms with E-state index < -0.39 is 0 Å². The average Bonchev–Trinajstić information content (AvgIpc) is 2.24. The van der Waals surface area contributed by atoms with Gasteiger partial charge in [-0.15, -0.1) is 0 Å². The molecule has 0 saturated heterocycles. The minimum absolute atomic E-state index is 0.270. The fraction of sp³-hybridized carbons (Fsp3) is 0.500. The molecule has 1 aromatic rings. The lowest BCUT2D eigenvalue weighted by molar-refractivity contribution is 0.0870. The first-order valence-corrected chi connectivity index (χ1v) is 6.12. The van der Waals surface area contributed by atoms with Gasteiger partial charge in [-0.05, 0) is 32.0 Å². The van der Waals surface area contributed by atoms with Crippen molar-refractivity contribution in [3.63, 3.8) is 0 Å². The third-order valence-electron chi connectivity index (χ3n) is 2.03. The second kappa shape index (κ2) is 6.76. The van der Waals surface area contributed by atoms with E-state index in [2.05, 4.69) is 21.2 Å². The summed E-state index contributed by atoms with van der Waals surface area (Å²) in [5.74, 6) is 0.841. The Morgan fingerprint density at radius 2 is 2.12 bits per heavy atom. The van der Waals surface area contributed by atoms with Crippen molar-refractivity contribution in [3.8, 4) is 5.75 Å². The number of hydrogen-bond acceptors (Lipinski definition) is 3. The molecule has 1 N–H and O–H groups in total. The maximum Gasteiger partial charge on any atom is 0.142 e. The molecular weight excluding hydrogens is 270 g/mol. The number of anilines is 1. The molecule has 90 valence electrons. The second-order valence-electron chi connectivity index (χ2n) is 3.69. The minimum atomic E-state index is 0.270. The van der Waals surface area contributed by atoms with Crippen LogP contribution in [0.15, 0.2) is 22.7 Å². The van der Waals surface area contributed by atoms with Crippen LogP contribution in [0.25, 0.3) is 0 Å². The zero-order valence-corrected chi connectivity index (χ0v) is 11.5. The molecular formula is C12H18BrNO2. The van der Waals surface area contributed by atoms with Crippen LogP contribution in [0.5, 0.6) is 5.75 Å². The molecule has 16 heavy (non-hydrogen) atoms. The highest BCUT2D eigenvalue weighted by Crippen LogP contribution is 2.27. The molecule has 0 spiro atoms. The molecule has 0 aliphatic rings. The molecule has 3 nitrogen and oxygen atoms in total. The Hall–Kier alpha value is -0.740. The lowest BCUT2D eigenvalue weighted by Gasteiger charge is -2.12. The van der Waals surface area contributed by atoms with E-state index in [-0.39, 0.29) is 6.10 Å². The first-order chi connectivity index (χ1) is 7.63. The number of halogens is 1. The zero-order valence-electron chi connectivity index (χ0n) is 9.92. The van der Waals surface area contributed by atoms with Gasteiger partial charge >= 0.3 is 0 Å². The summed E-state index contributed by atoms with van der Waals surface area (Å²) in [7, 11) is 1.67. The van der Waals surface area contributed by atoms with Crippen molar-refractivity contribution in [2.45, 2.75) is 20.0 Å². The van der Waals surface area contributed by atoms with Crippen molar-refractivity contribution in [1.82, 2.24) is 0 Å². The largest absolute Gasteiger partial charge is 0.495 e. The van der Waals surface area contributed by atoms with Crippen LogP contribution in [0.1, 0.15) is 13.8 Å². The van der Waals surface area contributed by atoms with Crippen LogP contribution in [0.4, 0.5) is 5.69 Å². The van der Waals surface area contributed by atoms with E-state index in [1.165, 1.54) is 0 Å². The third kappa shape index (κ3) is 4.41. The highest BCUT2D eigenvalue weighted by molar-refractivity contribution is 9.10. The Morgan fingerprint density at radius 1 is 1.38 bits per heavy atom. The molecule has 0 aromatic heterocycles. The average molecular weight is 288 g/mol. The molecule has 0 fully saturated rings. The van der Waals surface area contributed by atoms with Crippen molar-refractivity contribution in [1.29, 1.82) is 0 Å². The maximum absolute atomic E-state index is 5.45. The maximum atomic E-state index is 5.45. The first-order valence-electron chi connectivity index (χ1n) is 5.32.